The summed E-state index contributed by atoms with van der Waals surface area (Å²) in [6.45, 7) is 6.59. The van der Waals surface area contributed by atoms with Crippen LogP contribution < -0.4 is 4.74 Å². The van der Waals surface area contributed by atoms with Gasteiger partial charge in [0, 0.05) is 26.2 Å². The fourth-order valence-electron chi connectivity index (χ4n) is 2.55. The molecule has 0 radical (unpaired) electrons. The molecule has 1 aliphatic rings. The minimum Gasteiger partial charge on any atom is -0.496 e. The number of carbonyl (C=O) groups excluding carboxylic acids is 1. The third-order valence-electron chi connectivity index (χ3n) is 3.92. The number of benzene rings is 1. The molecule has 0 aromatic heterocycles. The molecule has 1 amide bonds. The number of ether oxygens (including phenoxy) is 1. The number of nitrogens with zero attached hydrogens (tertiary/aromatic N) is 3. The van der Waals surface area contributed by atoms with Crippen LogP contribution in [0.4, 0.5) is 0 Å². The van der Waals surface area contributed by atoms with E-state index in [2.05, 4.69) is 11.0 Å². The highest BCUT2D eigenvalue weighted by Gasteiger charge is 2.26. The Balaban J connectivity index is 2.09. The Kier molecular flexibility index (Phi) is 4.81. The van der Waals surface area contributed by atoms with Gasteiger partial charge in [-0.3, -0.25) is 9.69 Å². The van der Waals surface area contributed by atoms with Crippen LogP contribution in [0.25, 0.3) is 0 Å². The number of amides is 1. The van der Waals surface area contributed by atoms with Crippen LogP contribution in [0.5, 0.6) is 5.75 Å². The minimum atomic E-state index is -0.101. The minimum absolute atomic E-state index is 0.000175. The van der Waals surface area contributed by atoms with Crippen molar-refractivity contribution in [2.24, 2.45) is 0 Å². The maximum absolute atomic E-state index is 12.6. The molecule has 2 rings (SSSR count). The predicted molar refractivity (Wildman–Crippen MR) is 80.3 cm³/mol. The van der Waals surface area contributed by atoms with Crippen LogP contribution in [0.15, 0.2) is 18.2 Å². The molecule has 21 heavy (non-hydrogen) atoms. The van der Waals surface area contributed by atoms with Crippen LogP contribution in [0.1, 0.15) is 22.8 Å². The third-order valence-corrected chi connectivity index (χ3v) is 3.92. The van der Waals surface area contributed by atoms with Crippen molar-refractivity contribution in [1.29, 1.82) is 5.26 Å². The van der Waals surface area contributed by atoms with Crippen LogP contribution in [-0.2, 0) is 0 Å². The smallest absolute Gasteiger partial charge is 0.257 e. The summed E-state index contributed by atoms with van der Waals surface area (Å²) < 4.78 is 5.29. The average Bonchev–Trinajstić information content (AvgIpc) is 2.53. The van der Waals surface area contributed by atoms with Gasteiger partial charge in [0.25, 0.3) is 5.91 Å². The van der Waals surface area contributed by atoms with E-state index in [1.165, 1.54) is 0 Å². The zero-order valence-electron chi connectivity index (χ0n) is 12.8. The average molecular weight is 287 g/mol. The largest absolute Gasteiger partial charge is 0.496 e. The second-order valence-electron chi connectivity index (χ2n) is 5.34. The van der Waals surface area contributed by atoms with Gasteiger partial charge in [0.05, 0.1) is 24.8 Å². The van der Waals surface area contributed by atoms with Crippen LogP contribution >= 0.6 is 0 Å². The first kappa shape index (κ1) is 15.3. The molecule has 0 aliphatic carbocycles. The summed E-state index contributed by atoms with van der Waals surface area (Å²) in [4.78, 5) is 16.6. The predicted octanol–water partition coefficient (Wildman–Crippen LogP) is 1.67. The molecule has 1 saturated heterocycles. The summed E-state index contributed by atoms with van der Waals surface area (Å²) in [6.07, 6.45) is 0. The Labute approximate surface area is 125 Å². The number of methoxy groups -OCH3 is 1. The number of piperazine rings is 1. The Bertz CT molecular complexity index is 557. The summed E-state index contributed by atoms with van der Waals surface area (Å²) in [7, 11) is 1.58. The number of hydrogen-bond donors (Lipinski definition) is 0. The van der Waals surface area contributed by atoms with E-state index in [9.17, 15) is 4.79 Å². The highest BCUT2D eigenvalue weighted by atomic mass is 16.5. The molecule has 1 atom stereocenters. The van der Waals surface area contributed by atoms with Gasteiger partial charge in [-0.15, -0.1) is 0 Å². The summed E-state index contributed by atoms with van der Waals surface area (Å²) in [5.74, 6) is 0.609. The molecule has 1 heterocycles. The Morgan fingerprint density at radius 3 is 2.57 bits per heavy atom. The number of aryl methyl sites for hydroxylation is 1. The quantitative estimate of drug-likeness (QED) is 0.848. The van der Waals surface area contributed by atoms with E-state index in [1.807, 2.05) is 36.9 Å². The van der Waals surface area contributed by atoms with Crippen molar-refractivity contribution in [3.05, 3.63) is 29.3 Å². The highest BCUT2D eigenvalue weighted by Crippen LogP contribution is 2.22. The fraction of sp³-hybridized carbons (Fsp3) is 0.500. The van der Waals surface area contributed by atoms with Crippen molar-refractivity contribution >= 4 is 5.91 Å². The Morgan fingerprint density at radius 2 is 2.00 bits per heavy atom. The highest BCUT2D eigenvalue weighted by molar-refractivity contribution is 5.97. The second kappa shape index (κ2) is 6.59. The lowest BCUT2D eigenvalue weighted by Crippen LogP contribution is -2.51. The molecule has 1 fully saturated rings. The van der Waals surface area contributed by atoms with Gasteiger partial charge in [-0.25, -0.2) is 0 Å². The first-order valence-corrected chi connectivity index (χ1v) is 7.14. The van der Waals surface area contributed by atoms with E-state index in [0.29, 0.717) is 24.4 Å². The standard InChI is InChI=1S/C16H21N3O2/c1-12-4-5-15(21-3)14(10-12)16(20)19-8-6-18(7-9-19)13(2)11-17/h4-5,10,13H,6-9H2,1-3H3. The third kappa shape index (κ3) is 3.34. The number of nitriles is 1. The van der Waals surface area contributed by atoms with Gasteiger partial charge in [-0.2, -0.15) is 5.26 Å². The maximum atomic E-state index is 12.6. The Morgan fingerprint density at radius 1 is 1.33 bits per heavy atom. The van der Waals surface area contributed by atoms with Crippen LogP contribution in [0, 0.1) is 18.3 Å². The topological polar surface area (TPSA) is 56.6 Å². The van der Waals surface area contributed by atoms with Crippen molar-refractivity contribution in [3.8, 4) is 11.8 Å². The van der Waals surface area contributed by atoms with Crippen LogP contribution in [0.3, 0.4) is 0 Å². The van der Waals surface area contributed by atoms with Gasteiger partial charge in [0.15, 0.2) is 0 Å². The fourth-order valence-corrected chi connectivity index (χ4v) is 2.55. The molecule has 0 N–H and O–H groups in total. The van der Waals surface area contributed by atoms with Gasteiger partial charge in [-0.1, -0.05) is 11.6 Å². The molecule has 1 aromatic rings. The SMILES string of the molecule is COc1ccc(C)cc1C(=O)N1CCN(C(C)C#N)CC1. The zero-order valence-corrected chi connectivity index (χ0v) is 12.8. The lowest BCUT2D eigenvalue weighted by atomic mass is 10.1. The van der Waals surface area contributed by atoms with Gasteiger partial charge in [-0.05, 0) is 26.0 Å². The number of rotatable bonds is 3. The summed E-state index contributed by atoms with van der Waals surface area (Å²) in [6, 6.07) is 7.77. The lowest BCUT2D eigenvalue weighted by molar-refractivity contribution is 0.0612. The summed E-state index contributed by atoms with van der Waals surface area (Å²) >= 11 is 0. The second-order valence-corrected chi connectivity index (χ2v) is 5.34. The van der Waals surface area contributed by atoms with E-state index in [4.69, 9.17) is 10.00 Å². The van der Waals surface area contributed by atoms with Crippen molar-refractivity contribution < 1.29 is 9.53 Å². The van der Waals surface area contributed by atoms with E-state index < -0.39 is 0 Å². The zero-order chi connectivity index (χ0) is 15.4. The monoisotopic (exact) mass is 287 g/mol. The molecule has 0 bridgehead atoms. The normalized spacial score (nSPS) is 17.1. The van der Waals surface area contributed by atoms with Gasteiger partial charge in [0.2, 0.25) is 0 Å². The van der Waals surface area contributed by atoms with Crippen LogP contribution in [-0.4, -0.2) is 55.0 Å². The Hall–Kier alpha value is -2.06. The van der Waals surface area contributed by atoms with Gasteiger partial charge >= 0.3 is 0 Å². The molecule has 112 valence electrons. The number of hydrogen-bond acceptors (Lipinski definition) is 4. The van der Waals surface area contributed by atoms with Crippen molar-refractivity contribution in [3.63, 3.8) is 0 Å². The summed E-state index contributed by atoms with van der Waals surface area (Å²) in [5, 5.41) is 8.95. The van der Waals surface area contributed by atoms with E-state index in [0.717, 1.165) is 18.7 Å². The molecule has 0 spiro atoms. The lowest BCUT2D eigenvalue weighted by Gasteiger charge is -2.36. The number of carbonyl (C=O) groups is 1. The first-order valence-electron chi connectivity index (χ1n) is 7.14. The molecule has 5 nitrogen and oxygen atoms in total. The molecule has 1 aromatic carbocycles. The molecule has 0 saturated carbocycles. The van der Waals surface area contributed by atoms with Crippen molar-refractivity contribution in [2.45, 2.75) is 19.9 Å². The van der Waals surface area contributed by atoms with Gasteiger partial charge < -0.3 is 9.64 Å². The molecular formula is C16H21N3O2. The van der Waals surface area contributed by atoms with E-state index in [1.54, 1.807) is 7.11 Å². The van der Waals surface area contributed by atoms with Gasteiger partial charge in [0.1, 0.15) is 5.75 Å². The first-order chi connectivity index (χ1) is 10.1. The van der Waals surface area contributed by atoms with Crippen molar-refractivity contribution in [1.82, 2.24) is 9.80 Å². The summed E-state index contributed by atoms with van der Waals surface area (Å²) in [5.41, 5.74) is 1.65. The van der Waals surface area contributed by atoms with E-state index in [-0.39, 0.29) is 11.9 Å². The van der Waals surface area contributed by atoms with Crippen LogP contribution in [0.2, 0.25) is 0 Å². The molecule has 1 aliphatic heterocycles. The van der Waals surface area contributed by atoms with Crippen molar-refractivity contribution in [2.75, 3.05) is 33.3 Å². The maximum Gasteiger partial charge on any atom is 0.257 e. The molecule has 5 heteroatoms. The molecule has 1 unspecified atom stereocenters. The molecular weight excluding hydrogens is 266 g/mol. The van der Waals surface area contributed by atoms with E-state index >= 15 is 0 Å².